The number of aromatic nitrogens is 1. The van der Waals surface area contributed by atoms with E-state index in [1.165, 1.54) is 16.9 Å². The first-order chi connectivity index (χ1) is 13.8. The van der Waals surface area contributed by atoms with Crippen molar-refractivity contribution in [1.29, 1.82) is 0 Å². The van der Waals surface area contributed by atoms with Crippen LogP contribution in [-0.2, 0) is 6.42 Å². The molecule has 3 aromatic rings. The van der Waals surface area contributed by atoms with Crippen LogP contribution in [0.2, 0.25) is 0 Å². The molecule has 0 bridgehead atoms. The predicted octanol–water partition coefficient (Wildman–Crippen LogP) is 4.37. The van der Waals surface area contributed by atoms with Crippen molar-refractivity contribution in [1.82, 2.24) is 15.2 Å². The zero-order valence-electron chi connectivity index (χ0n) is 16.6. The van der Waals surface area contributed by atoms with Gasteiger partial charge in [-0.15, -0.1) is 36.2 Å². The number of carbonyl (C=O) groups is 1. The number of thiazole rings is 1. The zero-order valence-corrected chi connectivity index (χ0v) is 19.1. The number of methoxy groups -OCH3 is 1. The van der Waals surface area contributed by atoms with Crippen LogP contribution in [0.15, 0.2) is 60.8 Å². The number of hydrogen-bond donors (Lipinski definition) is 1. The van der Waals surface area contributed by atoms with Gasteiger partial charge in [0.05, 0.1) is 24.4 Å². The summed E-state index contributed by atoms with van der Waals surface area (Å²) >= 11 is 1.48. The van der Waals surface area contributed by atoms with E-state index in [0.29, 0.717) is 18.0 Å². The van der Waals surface area contributed by atoms with Crippen LogP contribution in [-0.4, -0.2) is 42.5 Å². The fourth-order valence-corrected chi connectivity index (χ4v) is 4.48. The van der Waals surface area contributed by atoms with Crippen LogP contribution >= 0.6 is 36.2 Å². The van der Waals surface area contributed by atoms with Gasteiger partial charge in [0.15, 0.2) is 0 Å². The van der Waals surface area contributed by atoms with Crippen LogP contribution in [0.4, 0.5) is 0 Å². The number of nitrogens with one attached hydrogen (secondary N) is 1. The number of nitrogens with zero attached hydrogens (tertiary/aromatic N) is 2. The highest BCUT2D eigenvalue weighted by molar-refractivity contribution is 7.13. The molecule has 1 aliphatic rings. The first-order valence-electron chi connectivity index (χ1n) is 9.39. The Kier molecular flexibility index (Phi) is 9.11. The van der Waals surface area contributed by atoms with E-state index in [-0.39, 0.29) is 36.8 Å². The lowest BCUT2D eigenvalue weighted by Crippen LogP contribution is -2.48. The zero-order chi connectivity index (χ0) is 19.3. The largest absolute Gasteiger partial charge is 0.496 e. The van der Waals surface area contributed by atoms with Crippen molar-refractivity contribution in [3.05, 3.63) is 81.8 Å². The number of hydrogen-bond acceptors (Lipinski definition) is 5. The molecule has 1 atom stereocenters. The summed E-state index contributed by atoms with van der Waals surface area (Å²) < 4.78 is 5.53. The van der Waals surface area contributed by atoms with Crippen LogP contribution in [0.25, 0.3) is 0 Å². The van der Waals surface area contributed by atoms with E-state index in [1.54, 1.807) is 13.3 Å². The lowest BCUT2D eigenvalue weighted by atomic mass is 10.0. The maximum absolute atomic E-state index is 13.3. The summed E-state index contributed by atoms with van der Waals surface area (Å²) in [5, 5.41) is 4.35. The Bertz CT molecular complexity index is 952. The van der Waals surface area contributed by atoms with Crippen LogP contribution in [0.5, 0.6) is 5.75 Å². The fourth-order valence-electron chi connectivity index (χ4n) is 3.57. The molecule has 2 aromatic carbocycles. The second-order valence-electron chi connectivity index (χ2n) is 6.74. The Hall–Kier alpha value is -2.12. The molecule has 0 radical (unpaired) electrons. The van der Waals surface area contributed by atoms with Gasteiger partial charge in [-0.05, 0) is 11.6 Å². The van der Waals surface area contributed by atoms with Gasteiger partial charge in [0.2, 0.25) is 0 Å². The van der Waals surface area contributed by atoms with E-state index in [4.69, 9.17) is 4.74 Å². The standard InChI is InChI=1S/C22H23N3O2S.2ClH/c1-27-19-10-6-5-9-17(19)18-14-23-11-12-25(18)22(26)20-15-24-21(28-20)13-16-7-3-2-4-8-16;;/h2-10,15,18,23H,11-14H2,1H3;2*1H. The van der Waals surface area contributed by atoms with Gasteiger partial charge in [-0.2, -0.15) is 0 Å². The minimum Gasteiger partial charge on any atom is -0.496 e. The average molecular weight is 466 g/mol. The quantitative estimate of drug-likeness (QED) is 0.607. The van der Waals surface area contributed by atoms with Crippen molar-refractivity contribution in [2.45, 2.75) is 12.5 Å². The Morgan fingerprint density at radius 2 is 1.90 bits per heavy atom. The first kappa shape index (κ1) is 24.2. The van der Waals surface area contributed by atoms with Crippen molar-refractivity contribution in [3.63, 3.8) is 0 Å². The van der Waals surface area contributed by atoms with Crippen molar-refractivity contribution in [2.24, 2.45) is 0 Å². The SMILES string of the molecule is COc1ccccc1C1CNCCN1C(=O)c1cnc(Cc2ccccc2)s1.Cl.Cl. The second-order valence-corrected chi connectivity index (χ2v) is 7.86. The summed E-state index contributed by atoms with van der Waals surface area (Å²) in [6.07, 6.45) is 2.46. The maximum atomic E-state index is 13.3. The molecule has 1 aliphatic heterocycles. The Morgan fingerprint density at radius 3 is 2.67 bits per heavy atom. The molecule has 0 spiro atoms. The molecule has 5 nitrogen and oxygen atoms in total. The summed E-state index contributed by atoms with van der Waals surface area (Å²) in [6, 6.07) is 18.1. The molecule has 8 heteroatoms. The van der Waals surface area contributed by atoms with Crippen molar-refractivity contribution < 1.29 is 9.53 Å². The molecule has 30 heavy (non-hydrogen) atoms. The number of amides is 1. The van der Waals surface area contributed by atoms with Gasteiger partial charge in [0.25, 0.3) is 5.91 Å². The van der Waals surface area contributed by atoms with Gasteiger partial charge in [0.1, 0.15) is 10.6 Å². The van der Waals surface area contributed by atoms with Gasteiger partial charge in [-0.25, -0.2) is 4.98 Å². The first-order valence-corrected chi connectivity index (χ1v) is 10.2. The number of benzene rings is 2. The average Bonchev–Trinajstić information content (AvgIpc) is 3.22. The lowest BCUT2D eigenvalue weighted by Gasteiger charge is -2.36. The van der Waals surface area contributed by atoms with Crippen molar-refractivity contribution >= 4 is 42.1 Å². The predicted molar refractivity (Wildman–Crippen MR) is 125 cm³/mol. The summed E-state index contributed by atoms with van der Waals surface area (Å²) in [6.45, 7) is 2.16. The van der Waals surface area contributed by atoms with Crippen molar-refractivity contribution in [2.75, 3.05) is 26.7 Å². The third kappa shape index (κ3) is 5.32. The van der Waals surface area contributed by atoms with E-state index >= 15 is 0 Å². The summed E-state index contributed by atoms with van der Waals surface area (Å²) in [7, 11) is 1.67. The molecule has 4 rings (SSSR count). The smallest absolute Gasteiger partial charge is 0.266 e. The highest BCUT2D eigenvalue weighted by atomic mass is 35.5. The summed E-state index contributed by atoms with van der Waals surface area (Å²) in [4.78, 5) is 20.4. The summed E-state index contributed by atoms with van der Waals surface area (Å²) in [5.41, 5.74) is 2.23. The van der Waals surface area contributed by atoms with Crippen LogP contribution in [0, 0.1) is 0 Å². The van der Waals surface area contributed by atoms with Crippen LogP contribution < -0.4 is 10.1 Å². The number of ether oxygens (including phenoxy) is 1. The Morgan fingerprint density at radius 1 is 1.17 bits per heavy atom. The molecule has 1 aromatic heterocycles. The molecule has 0 aliphatic carbocycles. The number of rotatable bonds is 5. The molecule has 1 saturated heterocycles. The molecule has 160 valence electrons. The lowest BCUT2D eigenvalue weighted by molar-refractivity contribution is 0.0636. The number of piperazine rings is 1. The van der Waals surface area contributed by atoms with Crippen molar-refractivity contribution in [3.8, 4) is 5.75 Å². The monoisotopic (exact) mass is 465 g/mol. The maximum Gasteiger partial charge on any atom is 0.266 e. The molecular formula is C22H25Cl2N3O2S. The molecule has 1 unspecified atom stereocenters. The molecular weight excluding hydrogens is 441 g/mol. The van der Waals surface area contributed by atoms with Crippen LogP contribution in [0.3, 0.4) is 0 Å². The molecule has 1 amide bonds. The second kappa shape index (κ2) is 11.3. The number of halogens is 2. The molecule has 0 saturated carbocycles. The van der Waals surface area contributed by atoms with Gasteiger partial charge < -0.3 is 15.0 Å². The molecule has 2 heterocycles. The van der Waals surface area contributed by atoms with Gasteiger partial charge in [0, 0.05) is 31.6 Å². The van der Waals surface area contributed by atoms with E-state index in [9.17, 15) is 4.79 Å². The van der Waals surface area contributed by atoms with Gasteiger partial charge in [-0.3, -0.25) is 4.79 Å². The van der Waals surface area contributed by atoms with Crippen LogP contribution in [0.1, 0.15) is 31.8 Å². The minimum atomic E-state index is -0.0583. The highest BCUT2D eigenvalue weighted by Gasteiger charge is 2.31. The summed E-state index contributed by atoms with van der Waals surface area (Å²) in [5.74, 6) is 0.845. The number of para-hydroxylation sites is 1. The normalized spacial score (nSPS) is 15.6. The van der Waals surface area contributed by atoms with E-state index in [0.717, 1.165) is 29.3 Å². The third-order valence-electron chi connectivity index (χ3n) is 4.96. The fraction of sp³-hybridized carbons (Fsp3) is 0.273. The van der Waals surface area contributed by atoms with E-state index in [1.807, 2.05) is 47.4 Å². The Labute approximate surface area is 193 Å². The van der Waals surface area contributed by atoms with Gasteiger partial charge in [-0.1, -0.05) is 48.5 Å². The number of carbonyl (C=O) groups excluding carboxylic acids is 1. The highest BCUT2D eigenvalue weighted by Crippen LogP contribution is 2.32. The van der Waals surface area contributed by atoms with Gasteiger partial charge >= 0.3 is 0 Å². The third-order valence-corrected chi connectivity index (χ3v) is 5.95. The topological polar surface area (TPSA) is 54.5 Å². The Balaban J connectivity index is 0.00000160. The molecule has 1 N–H and O–H groups in total. The van der Waals surface area contributed by atoms with E-state index < -0.39 is 0 Å². The van der Waals surface area contributed by atoms with E-state index in [2.05, 4.69) is 22.4 Å². The molecule has 1 fully saturated rings. The minimum absolute atomic E-state index is 0.